The van der Waals surface area contributed by atoms with Crippen molar-refractivity contribution in [2.45, 2.75) is 40.2 Å². The number of hydrogen-bond acceptors (Lipinski definition) is 4. The Bertz CT molecular complexity index is 649. The molecule has 0 atom stereocenters. The van der Waals surface area contributed by atoms with Crippen molar-refractivity contribution in [1.29, 1.82) is 0 Å². The largest absolute Gasteiger partial charge is 0.355 e. The molecule has 0 aliphatic carbocycles. The number of hydrogen-bond donors (Lipinski definition) is 1. The van der Waals surface area contributed by atoms with E-state index in [1.807, 2.05) is 37.3 Å². The topological polar surface area (TPSA) is 58.1 Å². The van der Waals surface area contributed by atoms with Gasteiger partial charge in [-0.15, -0.1) is 10.2 Å². The fraction of sp³-hybridized carbons (Fsp3) is 0.421. The van der Waals surface area contributed by atoms with E-state index in [4.69, 9.17) is 0 Å². The molecule has 0 saturated heterocycles. The van der Waals surface area contributed by atoms with Crippen LogP contribution in [0.5, 0.6) is 0 Å². The lowest BCUT2D eigenvalue weighted by atomic mass is 10.1. The molecule has 5 nitrogen and oxygen atoms in total. The second kappa shape index (κ2) is 9.01. The van der Waals surface area contributed by atoms with E-state index in [0.717, 1.165) is 42.9 Å². The summed E-state index contributed by atoms with van der Waals surface area (Å²) in [5, 5.41) is 11.2. The van der Waals surface area contributed by atoms with Crippen LogP contribution in [0.25, 0.3) is 0 Å². The molecule has 0 aliphatic rings. The van der Waals surface area contributed by atoms with Crippen molar-refractivity contribution in [2.75, 3.05) is 18.0 Å². The average Bonchev–Trinajstić information content (AvgIpc) is 2.61. The zero-order valence-electron chi connectivity index (χ0n) is 14.7. The van der Waals surface area contributed by atoms with Crippen molar-refractivity contribution in [3.05, 3.63) is 53.2 Å². The molecular formula is C19H26N4O. The Hall–Kier alpha value is -2.43. The first-order chi connectivity index (χ1) is 11.7. The number of aryl methyl sites for hydroxylation is 1. The highest BCUT2D eigenvalue weighted by Crippen LogP contribution is 2.11. The molecule has 5 heteroatoms. The second-order valence-electron chi connectivity index (χ2n) is 5.87. The molecule has 1 amide bonds. The zero-order chi connectivity index (χ0) is 17.4. The van der Waals surface area contributed by atoms with Gasteiger partial charge in [0.25, 0.3) is 5.91 Å². The third-order valence-electron chi connectivity index (χ3n) is 3.89. The molecule has 0 unspecified atom stereocenters. The normalized spacial score (nSPS) is 10.5. The minimum absolute atomic E-state index is 0.199. The van der Waals surface area contributed by atoms with Crippen LogP contribution in [0.1, 0.15) is 48.3 Å². The predicted molar refractivity (Wildman–Crippen MR) is 97.2 cm³/mol. The fourth-order valence-corrected chi connectivity index (χ4v) is 2.57. The summed E-state index contributed by atoms with van der Waals surface area (Å²) < 4.78 is 0. The van der Waals surface area contributed by atoms with Crippen molar-refractivity contribution < 1.29 is 4.79 Å². The Kier molecular flexibility index (Phi) is 6.73. The van der Waals surface area contributed by atoms with Gasteiger partial charge in [-0.2, -0.15) is 0 Å². The predicted octanol–water partition coefficient (Wildman–Crippen LogP) is 3.34. The van der Waals surface area contributed by atoms with Crippen LogP contribution in [0.2, 0.25) is 0 Å². The van der Waals surface area contributed by atoms with Gasteiger partial charge in [-0.05, 0) is 43.0 Å². The first kappa shape index (κ1) is 17.9. The fourth-order valence-electron chi connectivity index (χ4n) is 2.57. The van der Waals surface area contributed by atoms with Gasteiger partial charge in [0, 0.05) is 19.6 Å². The van der Waals surface area contributed by atoms with Crippen molar-refractivity contribution in [2.24, 2.45) is 0 Å². The summed E-state index contributed by atoms with van der Waals surface area (Å²) in [6.45, 7) is 8.70. The van der Waals surface area contributed by atoms with E-state index in [1.165, 1.54) is 0 Å². The lowest BCUT2D eigenvalue weighted by molar-refractivity contribution is 0.0945. The second-order valence-corrected chi connectivity index (χ2v) is 5.87. The Morgan fingerprint density at radius 2 is 1.75 bits per heavy atom. The van der Waals surface area contributed by atoms with Crippen LogP contribution in [0.4, 0.5) is 5.82 Å². The van der Waals surface area contributed by atoms with Crippen molar-refractivity contribution >= 4 is 11.7 Å². The highest BCUT2D eigenvalue weighted by Gasteiger charge is 2.11. The van der Waals surface area contributed by atoms with Gasteiger partial charge >= 0.3 is 0 Å². The first-order valence-electron chi connectivity index (χ1n) is 8.57. The van der Waals surface area contributed by atoms with E-state index in [2.05, 4.69) is 34.3 Å². The quantitative estimate of drug-likeness (QED) is 0.808. The Labute approximate surface area is 144 Å². The third-order valence-corrected chi connectivity index (χ3v) is 3.89. The van der Waals surface area contributed by atoms with Crippen molar-refractivity contribution in [3.63, 3.8) is 0 Å². The van der Waals surface area contributed by atoms with E-state index >= 15 is 0 Å². The van der Waals surface area contributed by atoms with E-state index in [0.29, 0.717) is 12.2 Å². The zero-order valence-corrected chi connectivity index (χ0v) is 14.7. The number of benzene rings is 1. The minimum atomic E-state index is -0.199. The van der Waals surface area contributed by atoms with Gasteiger partial charge in [0.1, 0.15) is 0 Å². The molecule has 0 radical (unpaired) electrons. The molecule has 1 N–H and O–H groups in total. The highest BCUT2D eigenvalue weighted by molar-refractivity contribution is 5.92. The van der Waals surface area contributed by atoms with Crippen LogP contribution in [-0.4, -0.2) is 29.2 Å². The molecule has 1 heterocycles. The summed E-state index contributed by atoms with van der Waals surface area (Å²) in [7, 11) is 0. The summed E-state index contributed by atoms with van der Waals surface area (Å²) in [6.07, 6.45) is 2.11. The summed E-state index contributed by atoms with van der Waals surface area (Å²) in [4.78, 5) is 14.4. The van der Waals surface area contributed by atoms with E-state index in [9.17, 15) is 4.79 Å². The Balaban J connectivity index is 1.99. The molecular weight excluding hydrogens is 300 g/mol. The summed E-state index contributed by atoms with van der Waals surface area (Å²) in [6, 6.07) is 11.6. The number of amides is 1. The number of rotatable bonds is 8. The highest BCUT2D eigenvalue weighted by atomic mass is 16.1. The molecule has 24 heavy (non-hydrogen) atoms. The molecule has 2 aromatic rings. The lowest BCUT2D eigenvalue weighted by Crippen LogP contribution is -2.27. The smallest absolute Gasteiger partial charge is 0.272 e. The SMILES string of the molecule is CCCN(CCC)c1ccc(C(=O)NCc2ccccc2C)nn1. The van der Waals surface area contributed by atoms with Gasteiger partial charge in [-0.25, -0.2) is 0 Å². The van der Waals surface area contributed by atoms with Gasteiger partial charge in [-0.3, -0.25) is 4.79 Å². The summed E-state index contributed by atoms with van der Waals surface area (Å²) in [5.41, 5.74) is 2.61. The van der Waals surface area contributed by atoms with Crippen LogP contribution in [0, 0.1) is 6.92 Å². The Morgan fingerprint density at radius 1 is 1.04 bits per heavy atom. The summed E-state index contributed by atoms with van der Waals surface area (Å²) in [5.74, 6) is 0.629. The van der Waals surface area contributed by atoms with Crippen molar-refractivity contribution in [3.8, 4) is 0 Å². The van der Waals surface area contributed by atoms with Gasteiger partial charge in [0.15, 0.2) is 11.5 Å². The first-order valence-corrected chi connectivity index (χ1v) is 8.57. The monoisotopic (exact) mass is 326 g/mol. The van der Waals surface area contributed by atoms with E-state index < -0.39 is 0 Å². The number of nitrogens with zero attached hydrogens (tertiary/aromatic N) is 3. The van der Waals surface area contributed by atoms with Crippen LogP contribution in [-0.2, 0) is 6.54 Å². The van der Waals surface area contributed by atoms with Crippen LogP contribution in [0.15, 0.2) is 36.4 Å². The standard InChI is InChI=1S/C19H26N4O/c1-4-12-23(13-5-2)18-11-10-17(21-22-18)19(24)20-14-16-9-7-6-8-15(16)3/h6-11H,4-5,12-14H2,1-3H3,(H,20,24). The number of nitrogens with one attached hydrogen (secondary N) is 1. The molecule has 2 rings (SSSR count). The molecule has 128 valence electrons. The van der Waals surface area contributed by atoms with Gasteiger partial charge in [0.2, 0.25) is 0 Å². The molecule has 0 spiro atoms. The van der Waals surface area contributed by atoms with E-state index in [1.54, 1.807) is 6.07 Å². The van der Waals surface area contributed by atoms with Crippen molar-refractivity contribution in [1.82, 2.24) is 15.5 Å². The summed E-state index contributed by atoms with van der Waals surface area (Å²) >= 11 is 0. The average molecular weight is 326 g/mol. The molecule has 0 saturated carbocycles. The lowest BCUT2D eigenvalue weighted by Gasteiger charge is -2.21. The maximum absolute atomic E-state index is 12.2. The molecule has 1 aromatic heterocycles. The maximum atomic E-state index is 12.2. The molecule has 1 aromatic carbocycles. The third kappa shape index (κ3) is 4.78. The number of carbonyl (C=O) groups is 1. The van der Waals surface area contributed by atoms with Crippen LogP contribution >= 0.6 is 0 Å². The van der Waals surface area contributed by atoms with E-state index in [-0.39, 0.29) is 5.91 Å². The molecule has 0 fully saturated rings. The van der Waals surface area contributed by atoms with Gasteiger partial charge < -0.3 is 10.2 Å². The maximum Gasteiger partial charge on any atom is 0.272 e. The number of carbonyl (C=O) groups excluding carboxylic acids is 1. The van der Waals surface area contributed by atoms with Gasteiger partial charge in [0.05, 0.1) is 0 Å². The molecule has 0 bridgehead atoms. The van der Waals surface area contributed by atoms with Crippen LogP contribution < -0.4 is 10.2 Å². The van der Waals surface area contributed by atoms with Gasteiger partial charge in [-0.1, -0.05) is 38.1 Å². The number of aromatic nitrogens is 2. The minimum Gasteiger partial charge on any atom is -0.355 e. The molecule has 0 aliphatic heterocycles. The number of anilines is 1. The van der Waals surface area contributed by atoms with Crippen LogP contribution in [0.3, 0.4) is 0 Å². The Morgan fingerprint density at radius 3 is 2.33 bits per heavy atom.